The number of hydrogen-bond donors (Lipinski definition) is 1. The molecule has 0 spiro atoms. The van der Waals surface area contributed by atoms with Gasteiger partial charge in [0.05, 0.1) is 35.4 Å². The fourth-order valence-electron chi connectivity index (χ4n) is 3.63. The largest absolute Gasteiger partial charge is 0.436 e. The average Bonchev–Trinajstić information content (AvgIpc) is 3.43. The van der Waals surface area contributed by atoms with Gasteiger partial charge in [-0.25, -0.2) is 14.2 Å². The minimum absolute atomic E-state index is 0.281. The molecule has 1 atom stereocenters. The molecule has 10 heteroatoms. The molecule has 0 aliphatic carbocycles. The van der Waals surface area contributed by atoms with Gasteiger partial charge >= 0.3 is 0 Å². The van der Waals surface area contributed by atoms with Crippen molar-refractivity contribution in [3.63, 3.8) is 0 Å². The number of aryl methyl sites for hydroxylation is 2. The lowest BCUT2D eigenvalue weighted by Gasteiger charge is -2.14. The summed E-state index contributed by atoms with van der Waals surface area (Å²) in [6.07, 6.45) is 2.71. The minimum Gasteiger partial charge on any atom is -0.436 e. The summed E-state index contributed by atoms with van der Waals surface area (Å²) in [6.45, 7) is 5.36. The number of aliphatic hydroxyl groups excluding tert-OH is 1. The van der Waals surface area contributed by atoms with Gasteiger partial charge in [-0.3, -0.25) is 0 Å². The van der Waals surface area contributed by atoms with Crippen molar-refractivity contribution >= 4 is 5.52 Å². The van der Waals surface area contributed by atoms with E-state index in [9.17, 15) is 10.4 Å². The first-order valence-corrected chi connectivity index (χ1v) is 10.5. The highest BCUT2D eigenvalue weighted by Gasteiger charge is 2.18. The summed E-state index contributed by atoms with van der Waals surface area (Å²) < 4.78 is 9.06. The second kappa shape index (κ2) is 8.38. The number of pyridine rings is 2. The van der Waals surface area contributed by atoms with E-state index >= 15 is 0 Å². The van der Waals surface area contributed by atoms with Crippen LogP contribution in [0.5, 0.6) is 11.6 Å². The van der Waals surface area contributed by atoms with Gasteiger partial charge < -0.3 is 9.84 Å². The molecule has 0 aliphatic rings. The molecule has 0 unspecified atom stereocenters. The van der Waals surface area contributed by atoms with Crippen molar-refractivity contribution in [1.29, 1.82) is 5.26 Å². The molecule has 5 aromatic rings. The van der Waals surface area contributed by atoms with Gasteiger partial charge in [0.25, 0.3) is 0 Å². The van der Waals surface area contributed by atoms with E-state index in [1.165, 1.54) is 0 Å². The van der Waals surface area contributed by atoms with E-state index in [-0.39, 0.29) is 5.69 Å². The fraction of sp³-hybridized carbons (Fsp3) is 0.167. The van der Waals surface area contributed by atoms with Gasteiger partial charge in [-0.1, -0.05) is 6.07 Å². The number of ether oxygens (including phenoxy) is 1. The lowest BCUT2D eigenvalue weighted by Crippen LogP contribution is -2.09. The summed E-state index contributed by atoms with van der Waals surface area (Å²) in [5.74, 6) is 1.42. The molecule has 10 nitrogen and oxygen atoms in total. The van der Waals surface area contributed by atoms with E-state index in [4.69, 9.17) is 9.72 Å². The van der Waals surface area contributed by atoms with Crippen LogP contribution in [0.4, 0.5) is 0 Å². The number of nitrogens with zero attached hydrogens (tertiary/aromatic N) is 8. The zero-order chi connectivity index (χ0) is 23.8. The van der Waals surface area contributed by atoms with E-state index in [2.05, 4.69) is 20.4 Å². The Morgan fingerprint density at radius 2 is 1.94 bits per heavy atom. The summed E-state index contributed by atoms with van der Waals surface area (Å²) in [5.41, 5.74) is 4.70. The Balaban J connectivity index is 1.55. The smallest absolute Gasteiger partial charge is 0.238 e. The van der Waals surface area contributed by atoms with E-state index < -0.39 is 6.10 Å². The Morgan fingerprint density at radius 3 is 2.65 bits per heavy atom. The van der Waals surface area contributed by atoms with Crippen LogP contribution >= 0.6 is 0 Å². The number of aliphatic hydroxyl groups is 1. The minimum atomic E-state index is -0.765. The molecule has 0 amide bonds. The van der Waals surface area contributed by atoms with E-state index in [0.717, 1.165) is 22.5 Å². The van der Waals surface area contributed by atoms with Gasteiger partial charge in [0.15, 0.2) is 11.5 Å². The molecule has 34 heavy (non-hydrogen) atoms. The molecule has 5 heterocycles. The molecular weight excluding hydrogens is 432 g/mol. The predicted molar refractivity (Wildman–Crippen MR) is 122 cm³/mol. The number of nitriles is 1. The third-order valence-electron chi connectivity index (χ3n) is 5.32. The molecule has 168 valence electrons. The summed E-state index contributed by atoms with van der Waals surface area (Å²) in [5, 5.41) is 36.3. The molecule has 0 fully saturated rings. The van der Waals surface area contributed by atoms with Crippen LogP contribution in [0.3, 0.4) is 0 Å². The third-order valence-corrected chi connectivity index (χ3v) is 5.32. The van der Waals surface area contributed by atoms with E-state index in [1.807, 2.05) is 50.2 Å². The van der Waals surface area contributed by atoms with Crippen molar-refractivity contribution in [2.75, 3.05) is 0 Å². The van der Waals surface area contributed by atoms with Crippen LogP contribution in [0.1, 0.15) is 35.7 Å². The third kappa shape index (κ3) is 3.85. The number of hydrogen-bond acceptors (Lipinski definition) is 8. The normalized spacial score (nSPS) is 12.0. The molecule has 0 saturated carbocycles. The molecule has 0 radical (unpaired) electrons. The second-order valence-corrected chi connectivity index (χ2v) is 7.85. The highest BCUT2D eigenvalue weighted by Crippen LogP contribution is 2.30. The van der Waals surface area contributed by atoms with Crippen molar-refractivity contribution in [2.45, 2.75) is 26.9 Å². The molecule has 1 N–H and O–H groups in total. The van der Waals surface area contributed by atoms with Gasteiger partial charge in [-0.05, 0) is 51.1 Å². The van der Waals surface area contributed by atoms with Gasteiger partial charge in [0.2, 0.25) is 5.88 Å². The quantitative estimate of drug-likeness (QED) is 0.428. The standard InChI is InChI=1S/C24H20N8O2/c1-14-4-9-23(29-28-14)34-18-5-8-22-20(12-26-31(22)13-18)21-7-6-19(16(3)33)24(27-21)32-15(2)10-17(11-25)30-32/h4-10,12-13,16,33H,1-3H3/t16-/m1/s1. The molecule has 0 aliphatic heterocycles. The lowest BCUT2D eigenvalue weighted by molar-refractivity contribution is 0.198. The maximum atomic E-state index is 10.3. The van der Waals surface area contributed by atoms with Crippen molar-refractivity contribution in [1.82, 2.24) is 34.6 Å². The number of rotatable bonds is 5. The van der Waals surface area contributed by atoms with Crippen LogP contribution in [0, 0.1) is 25.2 Å². The molecule has 0 aromatic carbocycles. The fourth-order valence-corrected chi connectivity index (χ4v) is 3.63. The molecular formula is C24H20N8O2. The van der Waals surface area contributed by atoms with Gasteiger partial charge in [0, 0.05) is 22.9 Å². The van der Waals surface area contributed by atoms with Crippen LogP contribution < -0.4 is 4.74 Å². The van der Waals surface area contributed by atoms with Crippen molar-refractivity contribution in [3.8, 4) is 34.8 Å². The van der Waals surface area contributed by atoms with Crippen LogP contribution in [-0.4, -0.2) is 39.7 Å². The zero-order valence-corrected chi connectivity index (χ0v) is 18.7. The zero-order valence-electron chi connectivity index (χ0n) is 18.7. The van der Waals surface area contributed by atoms with E-state index in [0.29, 0.717) is 28.7 Å². The first kappa shape index (κ1) is 21.2. The lowest BCUT2D eigenvalue weighted by atomic mass is 10.1. The molecule has 0 saturated heterocycles. The average molecular weight is 452 g/mol. The van der Waals surface area contributed by atoms with Crippen LogP contribution in [-0.2, 0) is 0 Å². The number of fused-ring (bicyclic) bond motifs is 1. The Morgan fingerprint density at radius 1 is 1.09 bits per heavy atom. The Labute approximate surface area is 194 Å². The highest BCUT2D eigenvalue weighted by atomic mass is 16.5. The van der Waals surface area contributed by atoms with Crippen LogP contribution in [0.15, 0.2) is 54.9 Å². The van der Waals surface area contributed by atoms with Gasteiger partial charge in [-0.15, -0.1) is 5.10 Å². The van der Waals surface area contributed by atoms with Crippen LogP contribution in [0.2, 0.25) is 0 Å². The maximum absolute atomic E-state index is 10.3. The Bertz CT molecular complexity index is 1540. The topological polar surface area (TPSA) is 127 Å². The van der Waals surface area contributed by atoms with Crippen LogP contribution in [0.25, 0.3) is 22.6 Å². The first-order valence-electron chi connectivity index (χ1n) is 10.5. The molecule has 0 bridgehead atoms. The summed E-state index contributed by atoms with van der Waals surface area (Å²) in [6, 6.07) is 14.7. The molecule has 5 aromatic heterocycles. The summed E-state index contributed by atoms with van der Waals surface area (Å²) in [4.78, 5) is 4.79. The first-order chi connectivity index (χ1) is 16.4. The SMILES string of the molecule is Cc1ccc(Oc2ccc3c(-c4ccc([C@@H](C)O)c(-n5nc(C#N)cc5C)n4)cnn3c2)nn1. The van der Waals surface area contributed by atoms with E-state index in [1.54, 1.807) is 40.6 Å². The Kier molecular flexibility index (Phi) is 5.24. The predicted octanol–water partition coefficient (Wildman–Crippen LogP) is 3.71. The maximum Gasteiger partial charge on any atom is 0.238 e. The summed E-state index contributed by atoms with van der Waals surface area (Å²) >= 11 is 0. The van der Waals surface area contributed by atoms with Crippen molar-refractivity contribution in [2.24, 2.45) is 0 Å². The van der Waals surface area contributed by atoms with Crippen molar-refractivity contribution < 1.29 is 9.84 Å². The van der Waals surface area contributed by atoms with Gasteiger partial charge in [0.1, 0.15) is 11.8 Å². The monoisotopic (exact) mass is 452 g/mol. The summed E-state index contributed by atoms with van der Waals surface area (Å²) in [7, 11) is 0. The highest BCUT2D eigenvalue weighted by molar-refractivity contribution is 5.78. The van der Waals surface area contributed by atoms with Gasteiger partial charge in [-0.2, -0.15) is 20.6 Å². The molecule has 5 rings (SSSR count). The van der Waals surface area contributed by atoms with Crippen molar-refractivity contribution in [3.05, 3.63) is 77.5 Å². The number of aromatic nitrogens is 7. The Hall–Kier alpha value is -4.62. The second-order valence-electron chi connectivity index (χ2n) is 7.85.